The maximum atomic E-state index is 10.8. The van der Waals surface area contributed by atoms with Crippen molar-refractivity contribution in [3.63, 3.8) is 0 Å². The monoisotopic (exact) mass is 816 g/mol. The second-order valence-corrected chi connectivity index (χ2v) is 15.1. The Kier molecular flexibility index (Phi) is 9.92. The fraction of sp³-hybridized carbons (Fsp3) is 0. The van der Waals surface area contributed by atoms with Crippen LogP contribution in [-0.2, 0) is 0 Å². The predicted molar refractivity (Wildman–Crippen MR) is 252 cm³/mol. The molecule has 8 aromatic carbocycles. The van der Waals surface area contributed by atoms with Gasteiger partial charge in [-0.1, -0.05) is 91.0 Å². The molecule has 0 aliphatic rings. The van der Waals surface area contributed by atoms with E-state index < -0.39 is 0 Å². The summed E-state index contributed by atoms with van der Waals surface area (Å²) < 4.78 is 2.04. The molecule has 0 saturated heterocycles. The number of benzene rings is 8. The normalized spacial score (nSPS) is 10.8. The Morgan fingerprint density at radius 3 is 1.41 bits per heavy atom. The molecule has 0 spiro atoms. The molecule has 0 aliphatic carbocycles. The molecule has 0 amide bonds. The highest BCUT2D eigenvalue weighted by Gasteiger charge is 2.22. The van der Waals surface area contributed by atoms with Crippen LogP contribution in [-0.4, -0.2) is 14.5 Å². The van der Waals surface area contributed by atoms with Crippen LogP contribution in [0.15, 0.2) is 194 Å². The minimum Gasteiger partial charge on any atom is -0.310 e. The highest BCUT2D eigenvalue weighted by molar-refractivity contribution is 6.11. The van der Waals surface area contributed by atoms with Crippen molar-refractivity contribution in [2.45, 2.75) is 0 Å². The van der Waals surface area contributed by atoms with Gasteiger partial charge in [0, 0.05) is 44.5 Å². The van der Waals surface area contributed by atoms with Crippen LogP contribution in [0.4, 0.5) is 17.1 Å². The highest BCUT2D eigenvalue weighted by atomic mass is 15.1. The SMILES string of the molecule is N#Cc1ccc(-c2cc(-c3ccc(-c4cc(C#N)c(-n5c6ccccc6c6cc(N(c7ccccc7)c7ccccc7)ccc65)c(C#N)c4)cc3)nc(-c3ccc(C#N)cc3)n2)cc1. The minimum absolute atomic E-state index is 0.370. The van der Waals surface area contributed by atoms with Crippen LogP contribution in [0.25, 0.3) is 72.5 Å². The van der Waals surface area contributed by atoms with Crippen LogP contribution in [0.5, 0.6) is 0 Å². The van der Waals surface area contributed by atoms with Crippen LogP contribution in [0, 0.1) is 45.3 Å². The first-order valence-electron chi connectivity index (χ1n) is 20.5. The quantitative estimate of drug-likeness (QED) is 0.149. The molecule has 8 nitrogen and oxygen atoms in total. The van der Waals surface area contributed by atoms with Crippen molar-refractivity contribution in [2.24, 2.45) is 0 Å². The zero-order valence-electron chi connectivity index (χ0n) is 34.1. The fourth-order valence-electron chi connectivity index (χ4n) is 8.27. The fourth-order valence-corrected chi connectivity index (χ4v) is 8.27. The van der Waals surface area contributed by atoms with Crippen molar-refractivity contribution >= 4 is 38.9 Å². The number of anilines is 3. The molecule has 0 aliphatic heterocycles. The summed E-state index contributed by atoms with van der Waals surface area (Å²) in [4.78, 5) is 12.0. The van der Waals surface area contributed by atoms with Crippen molar-refractivity contribution in [3.05, 3.63) is 216 Å². The van der Waals surface area contributed by atoms with E-state index in [1.807, 2.05) is 126 Å². The zero-order chi connectivity index (χ0) is 43.6. The lowest BCUT2D eigenvalue weighted by atomic mass is 9.96. The van der Waals surface area contributed by atoms with E-state index in [0.717, 1.165) is 66.7 Å². The number of hydrogen-bond donors (Lipinski definition) is 0. The molecule has 10 rings (SSSR count). The lowest BCUT2D eigenvalue weighted by molar-refractivity contribution is 1.15. The van der Waals surface area contributed by atoms with Gasteiger partial charge >= 0.3 is 0 Å². The number of aromatic nitrogens is 3. The standard InChI is InChI=1S/C56H32N8/c57-33-37-15-19-40(20-16-37)51-32-52(62-56(61-51)42-21-17-38(34-58)18-22-42)41-25-23-39(24-26-41)43-29-44(35-59)55(45(30-43)36-60)64-53-14-8-7-13-49(53)50-31-48(27-28-54(50)64)63(46-9-3-1-4-10-46)47-11-5-2-6-12-47/h1-32H. The van der Waals surface area contributed by atoms with Gasteiger partial charge in [-0.05, 0) is 114 Å². The molecule has 296 valence electrons. The van der Waals surface area contributed by atoms with Crippen molar-refractivity contribution in [1.29, 1.82) is 21.0 Å². The molecule has 2 aromatic heterocycles. The number of hydrogen-bond acceptors (Lipinski definition) is 7. The van der Waals surface area contributed by atoms with Gasteiger partial charge in [0.05, 0.1) is 62.5 Å². The third-order valence-corrected chi connectivity index (χ3v) is 11.3. The molecule has 0 unspecified atom stereocenters. The molecule has 0 atom stereocenters. The van der Waals surface area contributed by atoms with Crippen LogP contribution in [0.3, 0.4) is 0 Å². The van der Waals surface area contributed by atoms with E-state index in [0.29, 0.717) is 45.2 Å². The third-order valence-electron chi connectivity index (χ3n) is 11.3. The number of nitriles is 4. The Morgan fingerprint density at radius 1 is 0.375 bits per heavy atom. The zero-order valence-corrected chi connectivity index (χ0v) is 34.1. The molecule has 10 aromatic rings. The first kappa shape index (κ1) is 38.6. The summed E-state index contributed by atoms with van der Waals surface area (Å²) >= 11 is 0. The summed E-state index contributed by atoms with van der Waals surface area (Å²) in [6.07, 6.45) is 0. The molecule has 64 heavy (non-hydrogen) atoms. The molecular formula is C56H32N8. The Bertz CT molecular complexity index is 3420. The van der Waals surface area contributed by atoms with E-state index in [1.54, 1.807) is 24.3 Å². The summed E-state index contributed by atoms with van der Waals surface area (Å²) in [6.45, 7) is 0. The van der Waals surface area contributed by atoms with Crippen LogP contribution < -0.4 is 4.90 Å². The lowest BCUT2D eigenvalue weighted by Gasteiger charge is -2.25. The first-order chi connectivity index (χ1) is 31.5. The summed E-state index contributed by atoms with van der Waals surface area (Å²) in [7, 11) is 0. The van der Waals surface area contributed by atoms with Crippen molar-refractivity contribution < 1.29 is 0 Å². The number of fused-ring (bicyclic) bond motifs is 3. The van der Waals surface area contributed by atoms with E-state index in [-0.39, 0.29) is 0 Å². The van der Waals surface area contributed by atoms with Gasteiger partial charge in [-0.3, -0.25) is 0 Å². The van der Waals surface area contributed by atoms with Gasteiger partial charge in [-0.15, -0.1) is 0 Å². The van der Waals surface area contributed by atoms with Gasteiger partial charge in [0.1, 0.15) is 12.1 Å². The average Bonchev–Trinajstić information content (AvgIpc) is 3.69. The van der Waals surface area contributed by atoms with Crippen LogP contribution >= 0.6 is 0 Å². The van der Waals surface area contributed by atoms with Gasteiger partial charge in [0.2, 0.25) is 0 Å². The average molecular weight is 817 g/mol. The second kappa shape index (κ2) is 16.5. The molecule has 0 N–H and O–H groups in total. The Morgan fingerprint density at radius 2 is 0.859 bits per heavy atom. The topological polar surface area (TPSA) is 129 Å². The molecular weight excluding hydrogens is 785 g/mol. The highest BCUT2D eigenvalue weighted by Crippen LogP contribution is 2.41. The second-order valence-electron chi connectivity index (χ2n) is 15.1. The first-order valence-corrected chi connectivity index (χ1v) is 20.5. The summed E-state index contributed by atoms with van der Waals surface area (Å²) in [5.74, 6) is 0.490. The molecule has 0 bridgehead atoms. The Labute approximate surface area is 369 Å². The van der Waals surface area contributed by atoms with Crippen LogP contribution in [0.2, 0.25) is 0 Å². The number of para-hydroxylation sites is 3. The molecule has 0 radical (unpaired) electrons. The number of rotatable bonds is 8. The molecule has 0 fully saturated rings. The van der Waals surface area contributed by atoms with Gasteiger partial charge in [-0.2, -0.15) is 21.0 Å². The van der Waals surface area contributed by atoms with Crippen molar-refractivity contribution in [3.8, 4) is 75.0 Å². The van der Waals surface area contributed by atoms with Crippen LogP contribution in [0.1, 0.15) is 22.3 Å². The van der Waals surface area contributed by atoms with Gasteiger partial charge < -0.3 is 9.47 Å². The minimum atomic E-state index is 0.370. The van der Waals surface area contributed by atoms with E-state index >= 15 is 0 Å². The molecule has 0 saturated carbocycles. The van der Waals surface area contributed by atoms with Crippen molar-refractivity contribution in [1.82, 2.24) is 14.5 Å². The summed E-state index contributed by atoms with van der Waals surface area (Å²) in [6, 6.07) is 72.0. The maximum absolute atomic E-state index is 10.8. The predicted octanol–water partition coefficient (Wildman–Crippen LogP) is 13.2. The van der Waals surface area contributed by atoms with E-state index in [9.17, 15) is 21.0 Å². The molecule has 8 heteroatoms. The van der Waals surface area contributed by atoms with Gasteiger partial charge in [0.25, 0.3) is 0 Å². The number of nitrogens with zero attached hydrogens (tertiary/aromatic N) is 8. The maximum Gasteiger partial charge on any atom is 0.160 e. The Hall–Kier alpha value is -9.60. The lowest BCUT2D eigenvalue weighted by Crippen LogP contribution is -2.09. The van der Waals surface area contributed by atoms with Gasteiger partial charge in [0.15, 0.2) is 5.82 Å². The summed E-state index contributed by atoms with van der Waals surface area (Å²) in [5, 5.41) is 42.3. The smallest absolute Gasteiger partial charge is 0.160 e. The van der Waals surface area contributed by atoms with E-state index in [1.165, 1.54) is 0 Å². The van der Waals surface area contributed by atoms with E-state index in [2.05, 4.69) is 77.7 Å². The summed E-state index contributed by atoms with van der Waals surface area (Å²) in [5.41, 5.74) is 12.5. The molecule has 2 heterocycles. The van der Waals surface area contributed by atoms with Crippen molar-refractivity contribution in [2.75, 3.05) is 4.90 Å². The third kappa shape index (κ3) is 7.02. The Balaban J connectivity index is 1.06. The largest absolute Gasteiger partial charge is 0.310 e. The van der Waals surface area contributed by atoms with E-state index in [4.69, 9.17) is 9.97 Å². The van der Waals surface area contributed by atoms with Gasteiger partial charge in [-0.25, -0.2) is 9.97 Å².